The number of amides is 1. The molecule has 2 aromatic carbocycles. The Hall–Kier alpha value is -2.50. The molecule has 0 saturated heterocycles. The SMILES string of the molecule is O=C1NN=C([C@@H](O)c2ccccc2)[C@@]1(O)c1ccccc1. The molecule has 5 nitrogen and oxygen atoms in total. The van der Waals surface area contributed by atoms with Crippen LogP contribution in [-0.4, -0.2) is 21.8 Å². The number of rotatable bonds is 3. The molecular formula is C16H14N2O3. The van der Waals surface area contributed by atoms with E-state index in [1.165, 1.54) is 0 Å². The number of aliphatic hydroxyl groups is 2. The Labute approximate surface area is 121 Å². The zero-order valence-electron chi connectivity index (χ0n) is 11.1. The van der Waals surface area contributed by atoms with Gasteiger partial charge >= 0.3 is 0 Å². The smallest absolute Gasteiger partial charge is 0.282 e. The monoisotopic (exact) mass is 282 g/mol. The molecule has 0 aliphatic carbocycles. The predicted molar refractivity (Wildman–Crippen MR) is 77.3 cm³/mol. The highest BCUT2D eigenvalue weighted by Gasteiger charge is 2.50. The number of benzene rings is 2. The lowest BCUT2D eigenvalue weighted by Crippen LogP contribution is -2.44. The first-order valence-corrected chi connectivity index (χ1v) is 6.53. The summed E-state index contributed by atoms with van der Waals surface area (Å²) < 4.78 is 0. The van der Waals surface area contributed by atoms with Crippen LogP contribution < -0.4 is 5.43 Å². The Morgan fingerprint density at radius 1 is 1.00 bits per heavy atom. The van der Waals surface area contributed by atoms with Gasteiger partial charge in [0.05, 0.1) is 0 Å². The van der Waals surface area contributed by atoms with Crippen molar-refractivity contribution in [1.82, 2.24) is 5.43 Å². The third kappa shape index (κ3) is 2.12. The van der Waals surface area contributed by atoms with E-state index in [0.29, 0.717) is 11.1 Å². The van der Waals surface area contributed by atoms with Crippen LogP contribution in [0.4, 0.5) is 0 Å². The van der Waals surface area contributed by atoms with Crippen LogP contribution >= 0.6 is 0 Å². The Balaban J connectivity index is 2.04. The van der Waals surface area contributed by atoms with Crippen molar-refractivity contribution in [3.63, 3.8) is 0 Å². The summed E-state index contributed by atoms with van der Waals surface area (Å²) >= 11 is 0. The summed E-state index contributed by atoms with van der Waals surface area (Å²) in [7, 11) is 0. The first-order valence-electron chi connectivity index (χ1n) is 6.53. The van der Waals surface area contributed by atoms with Gasteiger partial charge in [0.2, 0.25) is 5.60 Å². The largest absolute Gasteiger partial charge is 0.382 e. The lowest BCUT2D eigenvalue weighted by atomic mass is 9.84. The first-order chi connectivity index (χ1) is 10.1. The van der Waals surface area contributed by atoms with Crippen molar-refractivity contribution < 1.29 is 15.0 Å². The minimum atomic E-state index is -1.96. The molecule has 5 heteroatoms. The van der Waals surface area contributed by atoms with Gasteiger partial charge in [0.25, 0.3) is 5.91 Å². The van der Waals surface area contributed by atoms with E-state index in [1.807, 2.05) is 6.07 Å². The molecule has 2 atom stereocenters. The Bertz CT molecular complexity index is 685. The van der Waals surface area contributed by atoms with E-state index in [0.717, 1.165) is 0 Å². The van der Waals surface area contributed by atoms with Gasteiger partial charge in [-0.05, 0) is 11.1 Å². The van der Waals surface area contributed by atoms with Gasteiger partial charge in [-0.25, -0.2) is 5.43 Å². The molecule has 0 bridgehead atoms. The average Bonchev–Trinajstić information content (AvgIpc) is 2.85. The number of aliphatic hydroxyl groups excluding tert-OH is 1. The molecule has 3 N–H and O–H groups in total. The van der Waals surface area contributed by atoms with E-state index in [4.69, 9.17) is 0 Å². The van der Waals surface area contributed by atoms with Crippen molar-refractivity contribution in [2.75, 3.05) is 0 Å². The van der Waals surface area contributed by atoms with Gasteiger partial charge in [-0.15, -0.1) is 0 Å². The van der Waals surface area contributed by atoms with Crippen LogP contribution in [0.15, 0.2) is 65.8 Å². The molecule has 0 aromatic heterocycles. The lowest BCUT2D eigenvalue weighted by molar-refractivity contribution is -0.132. The third-order valence-electron chi connectivity index (χ3n) is 3.54. The molecule has 106 valence electrons. The normalized spacial score (nSPS) is 22.6. The van der Waals surface area contributed by atoms with Gasteiger partial charge in [0, 0.05) is 0 Å². The van der Waals surface area contributed by atoms with Crippen molar-refractivity contribution in [3.05, 3.63) is 71.8 Å². The molecule has 1 aliphatic heterocycles. The van der Waals surface area contributed by atoms with E-state index < -0.39 is 17.6 Å². The summed E-state index contributed by atoms with van der Waals surface area (Å²) in [6.45, 7) is 0. The van der Waals surface area contributed by atoms with Crippen LogP contribution in [0.25, 0.3) is 0 Å². The zero-order valence-corrected chi connectivity index (χ0v) is 11.1. The maximum absolute atomic E-state index is 12.1. The molecule has 2 aromatic rings. The highest BCUT2D eigenvalue weighted by molar-refractivity contribution is 6.17. The molecule has 3 rings (SSSR count). The van der Waals surface area contributed by atoms with Crippen molar-refractivity contribution in [2.45, 2.75) is 11.7 Å². The fourth-order valence-electron chi connectivity index (χ4n) is 2.40. The van der Waals surface area contributed by atoms with Crippen molar-refractivity contribution in [1.29, 1.82) is 0 Å². The summed E-state index contributed by atoms with van der Waals surface area (Å²) in [5, 5.41) is 25.1. The van der Waals surface area contributed by atoms with Gasteiger partial charge in [-0.1, -0.05) is 60.7 Å². The van der Waals surface area contributed by atoms with Crippen LogP contribution in [0.5, 0.6) is 0 Å². The number of hydrazone groups is 1. The molecule has 0 fully saturated rings. The van der Waals surface area contributed by atoms with E-state index in [-0.39, 0.29) is 5.71 Å². The number of hydrogen-bond donors (Lipinski definition) is 3. The molecule has 1 amide bonds. The summed E-state index contributed by atoms with van der Waals surface area (Å²) in [5.41, 5.74) is 1.19. The number of nitrogens with one attached hydrogen (secondary N) is 1. The van der Waals surface area contributed by atoms with Gasteiger partial charge in [0.1, 0.15) is 11.8 Å². The van der Waals surface area contributed by atoms with Crippen LogP contribution in [-0.2, 0) is 10.4 Å². The quantitative estimate of drug-likeness (QED) is 0.788. The molecule has 1 heterocycles. The fraction of sp³-hybridized carbons (Fsp3) is 0.125. The summed E-state index contributed by atoms with van der Waals surface area (Å²) in [5.74, 6) is -0.668. The van der Waals surface area contributed by atoms with Gasteiger partial charge in [-0.2, -0.15) is 5.10 Å². The maximum Gasteiger partial charge on any atom is 0.282 e. The topological polar surface area (TPSA) is 81.9 Å². The molecule has 0 saturated carbocycles. The number of carbonyl (C=O) groups is 1. The molecular weight excluding hydrogens is 268 g/mol. The Morgan fingerprint density at radius 2 is 1.57 bits per heavy atom. The molecule has 21 heavy (non-hydrogen) atoms. The molecule has 0 radical (unpaired) electrons. The standard InChI is InChI=1S/C16H14N2O3/c19-13(11-7-3-1-4-8-11)14-16(21,15(20)18-17-14)12-9-5-2-6-10-12/h1-10,13,19,21H,(H,18,20)/t13-,16-/m0/s1. The number of carbonyl (C=O) groups excluding carboxylic acids is 1. The van der Waals surface area contributed by atoms with E-state index in [2.05, 4.69) is 10.5 Å². The van der Waals surface area contributed by atoms with E-state index in [1.54, 1.807) is 54.6 Å². The summed E-state index contributed by atoms with van der Waals surface area (Å²) in [6.07, 6.45) is -1.17. The van der Waals surface area contributed by atoms with Crippen LogP contribution in [0.2, 0.25) is 0 Å². The van der Waals surface area contributed by atoms with Crippen molar-refractivity contribution in [3.8, 4) is 0 Å². The second-order valence-corrected chi connectivity index (χ2v) is 4.83. The zero-order chi connectivity index (χ0) is 14.9. The minimum Gasteiger partial charge on any atom is -0.382 e. The lowest BCUT2D eigenvalue weighted by Gasteiger charge is -2.25. The van der Waals surface area contributed by atoms with Gasteiger partial charge in [0.15, 0.2) is 0 Å². The molecule has 0 spiro atoms. The highest BCUT2D eigenvalue weighted by Crippen LogP contribution is 2.32. The van der Waals surface area contributed by atoms with E-state index in [9.17, 15) is 15.0 Å². The maximum atomic E-state index is 12.1. The Kier molecular flexibility index (Phi) is 3.29. The Morgan fingerprint density at radius 3 is 2.19 bits per heavy atom. The molecule has 0 unspecified atom stereocenters. The summed E-state index contributed by atoms with van der Waals surface area (Å²) in [6, 6.07) is 17.2. The van der Waals surface area contributed by atoms with Crippen LogP contribution in [0.1, 0.15) is 17.2 Å². The van der Waals surface area contributed by atoms with Gasteiger partial charge < -0.3 is 10.2 Å². The van der Waals surface area contributed by atoms with Crippen LogP contribution in [0.3, 0.4) is 0 Å². The predicted octanol–water partition coefficient (Wildman–Crippen LogP) is 1.09. The average molecular weight is 282 g/mol. The van der Waals surface area contributed by atoms with Crippen molar-refractivity contribution >= 4 is 11.6 Å². The highest BCUT2D eigenvalue weighted by atomic mass is 16.3. The van der Waals surface area contributed by atoms with E-state index >= 15 is 0 Å². The second kappa shape index (κ2) is 5.12. The minimum absolute atomic E-state index is 0.0232. The second-order valence-electron chi connectivity index (χ2n) is 4.83. The third-order valence-corrected chi connectivity index (χ3v) is 3.54. The first kappa shape index (κ1) is 13.5. The van der Waals surface area contributed by atoms with Crippen LogP contribution in [0, 0.1) is 0 Å². The van der Waals surface area contributed by atoms with Crippen molar-refractivity contribution in [2.24, 2.45) is 5.10 Å². The van der Waals surface area contributed by atoms with Gasteiger partial charge in [-0.3, -0.25) is 4.79 Å². The fourth-order valence-corrected chi connectivity index (χ4v) is 2.40. The number of hydrogen-bond acceptors (Lipinski definition) is 4. The molecule has 1 aliphatic rings. The summed E-state index contributed by atoms with van der Waals surface area (Å²) in [4.78, 5) is 12.1. The number of nitrogens with zero attached hydrogens (tertiary/aromatic N) is 1.